The standard InChI is InChI=1S/C19H21NO4S/c1-23-16-6-8-17(9-7-16)24-12-13-25(22)14-19(21)20-11-10-15-4-2-3-5-18(15)20/h2-9H,10-14H2,1H3/t25-/m1/s1. The molecule has 0 spiro atoms. The highest BCUT2D eigenvalue weighted by molar-refractivity contribution is 7.85. The maximum absolute atomic E-state index is 12.4. The van der Waals surface area contributed by atoms with Crippen molar-refractivity contribution in [2.75, 3.05) is 36.7 Å². The van der Waals surface area contributed by atoms with Crippen LogP contribution in [0.15, 0.2) is 48.5 Å². The summed E-state index contributed by atoms with van der Waals surface area (Å²) >= 11 is 0. The molecule has 1 aliphatic rings. The van der Waals surface area contributed by atoms with Gasteiger partial charge in [0.2, 0.25) is 5.91 Å². The van der Waals surface area contributed by atoms with Gasteiger partial charge in [0, 0.05) is 23.0 Å². The van der Waals surface area contributed by atoms with Crippen molar-refractivity contribution >= 4 is 22.4 Å². The van der Waals surface area contributed by atoms with Crippen LogP contribution in [-0.4, -0.2) is 41.9 Å². The third kappa shape index (κ3) is 4.39. The van der Waals surface area contributed by atoms with E-state index in [1.54, 1.807) is 36.3 Å². The summed E-state index contributed by atoms with van der Waals surface area (Å²) in [5, 5.41) is 0. The van der Waals surface area contributed by atoms with Crippen molar-refractivity contribution in [3.05, 3.63) is 54.1 Å². The van der Waals surface area contributed by atoms with Crippen molar-refractivity contribution < 1.29 is 18.5 Å². The zero-order valence-electron chi connectivity index (χ0n) is 14.1. The summed E-state index contributed by atoms with van der Waals surface area (Å²) in [6.07, 6.45) is 0.856. The highest BCUT2D eigenvalue weighted by Crippen LogP contribution is 2.27. The lowest BCUT2D eigenvalue weighted by Gasteiger charge is -2.17. The van der Waals surface area contributed by atoms with Crippen LogP contribution in [0.5, 0.6) is 11.5 Å². The summed E-state index contributed by atoms with van der Waals surface area (Å²) in [6.45, 7) is 0.973. The van der Waals surface area contributed by atoms with Crippen molar-refractivity contribution in [2.45, 2.75) is 6.42 Å². The molecule has 1 atom stereocenters. The fraction of sp³-hybridized carbons (Fsp3) is 0.316. The van der Waals surface area contributed by atoms with Gasteiger partial charge in [0.25, 0.3) is 0 Å². The Bertz CT molecular complexity index is 760. The van der Waals surface area contributed by atoms with E-state index in [0.29, 0.717) is 24.7 Å². The quantitative estimate of drug-likeness (QED) is 0.762. The maximum atomic E-state index is 12.4. The molecular formula is C19H21NO4S. The number of hydrogen-bond donors (Lipinski definition) is 0. The largest absolute Gasteiger partial charge is 0.497 e. The van der Waals surface area contributed by atoms with E-state index in [1.165, 1.54) is 5.56 Å². The number of rotatable bonds is 7. The lowest BCUT2D eigenvalue weighted by atomic mass is 10.2. The molecule has 0 saturated carbocycles. The molecule has 0 saturated heterocycles. The van der Waals surface area contributed by atoms with E-state index in [-0.39, 0.29) is 11.7 Å². The monoisotopic (exact) mass is 359 g/mol. The highest BCUT2D eigenvalue weighted by Gasteiger charge is 2.25. The fourth-order valence-corrected chi connectivity index (χ4v) is 3.65. The fourth-order valence-electron chi connectivity index (χ4n) is 2.81. The van der Waals surface area contributed by atoms with Gasteiger partial charge in [-0.25, -0.2) is 0 Å². The molecule has 1 aliphatic heterocycles. The van der Waals surface area contributed by atoms with Crippen LogP contribution in [0.2, 0.25) is 0 Å². The first-order valence-corrected chi connectivity index (χ1v) is 9.66. The second kappa shape index (κ2) is 8.16. The number of carbonyl (C=O) groups excluding carboxylic acids is 1. The van der Waals surface area contributed by atoms with Gasteiger partial charge in [-0.05, 0) is 42.3 Å². The van der Waals surface area contributed by atoms with Gasteiger partial charge in [-0.1, -0.05) is 18.2 Å². The molecule has 0 fully saturated rings. The van der Waals surface area contributed by atoms with Crippen molar-refractivity contribution in [3.8, 4) is 11.5 Å². The van der Waals surface area contributed by atoms with E-state index in [4.69, 9.17) is 9.47 Å². The summed E-state index contributed by atoms with van der Waals surface area (Å²) < 4.78 is 22.8. The average Bonchev–Trinajstić information content (AvgIpc) is 3.06. The summed E-state index contributed by atoms with van der Waals surface area (Å²) in [7, 11) is 0.362. The zero-order chi connectivity index (χ0) is 17.6. The Morgan fingerprint density at radius 1 is 1.12 bits per heavy atom. The SMILES string of the molecule is COc1ccc(OCC[S@@](=O)CC(=O)N2CCc3ccccc32)cc1. The van der Waals surface area contributed by atoms with Crippen LogP contribution < -0.4 is 14.4 Å². The third-order valence-electron chi connectivity index (χ3n) is 4.11. The minimum Gasteiger partial charge on any atom is -0.497 e. The van der Waals surface area contributed by atoms with Crippen molar-refractivity contribution in [2.24, 2.45) is 0 Å². The number of amides is 1. The first-order valence-electron chi connectivity index (χ1n) is 8.17. The molecule has 0 bridgehead atoms. The lowest BCUT2D eigenvalue weighted by Crippen LogP contribution is -2.33. The van der Waals surface area contributed by atoms with Gasteiger partial charge in [-0.3, -0.25) is 9.00 Å². The number of fused-ring (bicyclic) bond motifs is 1. The molecule has 132 valence electrons. The molecule has 0 N–H and O–H groups in total. The number of benzene rings is 2. The van der Waals surface area contributed by atoms with E-state index < -0.39 is 10.8 Å². The van der Waals surface area contributed by atoms with Gasteiger partial charge in [0.05, 0.1) is 19.5 Å². The predicted octanol–water partition coefficient (Wildman–Crippen LogP) is 2.41. The molecule has 0 aromatic heterocycles. The second-order valence-corrected chi connectivity index (χ2v) is 7.31. The van der Waals surface area contributed by atoms with Crippen molar-refractivity contribution in [3.63, 3.8) is 0 Å². The first kappa shape index (κ1) is 17.5. The molecule has 2 aromatic carbocycles. The van der Waals surface area contributed by atoms with Gasteiger partial charge in [-0.15, -0.1) is 0 Å². The summed E-state index contributed by atoms with van der Waals surface area (Å²) in [6, 6.07) is 15.1. The van der Waals surface area contributed by atoms with Gasteiger partial charge >= 0.3 is 0 Å². The average molecular weight is 359 g/mol. The third-order valence-corrected chi connectivity index (χ3v) is 5.30. The van der Waals surface area contributed by atoms with Crippen LogP contribution >= 0.6 is 0 Å². The van der Waals surface area contributed by atoms with E-state index in [9.17, 15) is 9.00 Å². The van der Waals surface area contributed by atoms with Gasteiger partial charge in [0.15, 0.2) is 0 Å². The van der Waals surface area contributed by atoms with Crippen LogP contribution in [0.4, 0.5) is 5.69 Å². The van der Waals surface area contributed by atoms with Crippen LogP contribution in [-0.2, 0) is 22.0 Å². The Morgan fingerprint density at radius 3 is 2.60 bits per heavy atom. The maximum Gasteiger partial charge on any atom is 0.239 e. The smallest absolute Gasteiger partial charge is 0.239 e. The Labute approximate surface area is 150 Å². The lowest BCUT2D eigenvalue weighted by molar-refractivity contribution is -0.116. The Hall–Kier alpha value is -2.34. The zero-order valence-corrected chi connectivity index (χ0v) is 15.0. The Balaban J connectivity index is 1.45. The molecule has 0 radical (unpaired) electrons. The number of hydrogen-bond acceptors (Lipinski definition) is 4. The summed E-state index contributed by atoms with van der Waals surface area (Å²) in [4.78, 5) is 14.1. The molecule has 0 aliphatic carbocycles. The van der Waals surface area contributed by atoms with Crippen LogP contribution in [0.3, 0.4) is 0 Å². The Morgan fingerprint density at radius 2 is 1.84 bits per heavy atom. The van der Waals surface area contributed by atoms with E-state index in [0.717, 1.165) is 17.9 Å². The van der Waals surface area contributed by atoms with E-state index >= 15 is 0 Å². The molecule has 3 rings (SSSR count). The molecule has 2 aromatic rings. The van der Waals surface area contributed by atoms with E-state index in [1.807, 2.05) is 24.3 Å². The number of ether oxygens (including phenoxy) is 2. The topological polar surface area (TPSA) is 55.8 Å². The molecule has 25 heavy (non-hydrogen) atoms. The molecule has 5 nitrogen and oxygen atoms in total. The predicted molar refractivity (Wildman–Crippen MR) is 98.9 cm³/mol. The number of para-hydroxylation sites is 1. The van der Waals surface area contributed by atoms with Crippen LogP contribution in [0.1, 0.15) is 5.56 Å². The number of anilines is 1. The minimum atomic E-state index is -1.24. The number of nitrogens with zero attached hydrogens (tertiary/aromatic N) is 1. The normalized spacial score (nSPS) is 14.0. The number of methoxy groups -OCH3 is 1. The highest BCUT2D eigenvalue weighted by atomic mass is 32.2. The second-order valence-electron chi connectivity index (χ2n) is 5.74. The van der Waals surface area contributed by atoms with Crippen molar-refractivity contribution in [1.29, 1.82) is 0 Å². The van der Waals surface area contributed by atoms with Gasteiger partial charge in [0.1, 0.15) is 17.3 Å². The summed E-state index contributed by atoms with van der Waals surface area (Å²) in [5.41, 5.74) is 2.11. The number of carbonyl (C=O) groups is 1. The van der Waals surface area contributed by atoms with Crippen LogP contribution in [0, 0.1) is 0 Å². The Kier molecular flexibility index (Phi) is 5.71. The van der Waals surface area contributed by atoms with Crippen LogP contribution in [0.25, 0.3) is 0 Å². The van der Waals surface area contributed by atoms with Gasteiger partial charge < -0.3 is 14.4 Å². The van der Waals surface area contributed by atoms with E-state index in [2.05, 4.69) is 0 Å². The molecule has 6 heteroatoms. The minimum absolute atomic E-state index is 0.0281. The molecular weight excluding hydrogens is 338 g/mol. The molecule has 1 heterocycles. The molecule has 0 unspecified atom stereocenters. The molecule has 1 amide bonds. The summed E-state index contributed by atoms with van der Waals surface area (Å²) in [5.74, 6) is 1.71. The van der Waals surface area contributed by atoms with Gasteiger partial charge in [-0.2, -0.15) is 0 Å². The first-order chi connectivity index (χ1) is 12.2. The van der Waals surface area contributed by atoms with Crippen molar-refractivity contribution in [1.82, 2.24) is 0 Å².